The highest BCUT2D eigenvalue weighted by Crippen LogP contribution is 2.13. The molecule has 1 saturated heterocycles. The van der Waals surface area contributed by atoms with Gasteiger partial charge in [0.2, 0.25) is 11.8 Å². The second-order valence-electron chi connectivity index (χ2n) is 7.90. The van der Waals surface area contributed by atoms with Crippen LogP contribution in [0.2, 0.25) is 0 Å². The van der Waals surface area contributed by atoms with Crippen LogP contribution in [0.4, 0.5) is 0 Å². The molecule has 0 saturated carbocycles. The van der Waals surface area contributed by atoms with Gasteiger partial charge in [-0.3, -0.25) is 9.59 Å². The predicted molar refractivity (Wildman–Crippen MR) is 109 cm³/mol. The molecular weight excluding hydrogens is 324 g/mol. The van der Waals surface area contributed by atoms with Crippen molar-refractivity contribution in [3.8, 4) is 0 Å². The molecule has 1 atom stereocenters. The number of hydrogen-bond donors (Lipinski definition) is 2. The van der Waals surface area contributed by atoms with Gasteiger partial charge in [0, 0.05) is 13.0 Å². The molecular formula is C22H42N2O2. The molecule has 1 heterocycles. The molecule has 1 fully saturated rings. The Labute approximate surface area is 161 Å². The van der Waals surface area contributed by atoms with Gasteiger partial charge >= 0.3 is 0 Å². The maximum Gasteiger partial charge on any atom is 0.242 e. The first-order valence-corrected chi connectivity index (χ1v) is 11.3. The highest BCUT2D eigenvalue weighted by molar-refractivity contribution is 5.87. The maximum atomic E-state index is 12.0. The van der Waals surface area contributed by atoms with Gasteiger partial charge in [0.15, 0.2) is 0 Å². The molecule has 0 spiro atoms. The number of carbonyl (C=O) groups is 2. The van der Waals surface area contributed by atoms with Crippen LogP contribution in [0.5, 0.6) is 0 Å². The standard InChI is InChI=1S/C22H42N2O2/c1-2-3-4-5-6-7-8-9-10-11-12-13-14-18-21(25)24-20-17-15-16-19-23-22(20)26/h20H,2-19H2,1H3,(H,23,26)(H,24,25). The summed E-state index contributed by atoms with van der Waals surface area (Å²) in [6, 6.07) is -0.313. The SMILES string of the molecule is CCCCCCCCCCCCCCCC(=O)NC1CCCCNC1=O. The molecule has 2 N–H and O–H groups in total. The van der Waals surface area contributed by atoms with Crippen molar-refractivity contribution >= 4 is 11.8 Å². The van der Waals surface area contributed by atoms with Crippen molar-refractivity contribution in [1.82, 2.24) is 10.6 Å². The van der Waals surface area contributed by atoms with Gasteiger partial charge in [0.1, 0.15) is 6.04 Å². The summed E-state index contributed by atoms with van der Waals surface area (Å²) in [5.41, 5.74) is 0. The zero-order valence-corrected chi connectivity index (χ0v) is 17.1. The molecule has 4 heteroatoms. The minimum absolute atomic E-state index is 0.0128. The summed E-state index contributed by atoms with van der Waals surface area (Å²) in [6.07, 6.45) is 20.4. The Kier molecular flexibility index (Phi) is 14.3. The van der Waals surface area contributed by atoms with Crippen LogP contribution in [0, 0.1) is 0 Å². The normalized spacial score (nSPS) is 17.6. The third kappa shape index (κ3) is 12.3. The summed E-state index contributed by atoms with van der Waals surface area (Å²) in [5.74, 6) is 0.0244. The molecule has 0 radical (unpaired) electrons. The zero-order valence-electron chi connectivity index (χ0n) is 17.1. The third-order valence-electron chi connectivity index (χ3n) is 5.38. The molecule has 0 aliphatic carbocycles. The van der Waals surface area contributed by atoms with Gasteiger partial charge in [0.05, 0.1) is 0 Å². The van der Waals surface area contributed by atoms with Gasteiger partial charge in [-0.2, -0.15) is 0 Å². The highest BCUT2D eigenvalue weighted by Gasteiger charge is 2.21. The molecule has 1 aliphatic heterocycles. The van der Waals surface area contributed by atoms with Crippen molar-refractivity contribution < 1.29 is 9.59 Å². The second-order valence-corrected chi connectivity index (χ2v) is 7.90. The lowest BCUT2D eigenvalue weighted by molar-refractivity contribution is -0.128. The van der Waals surface area contributed by atoms with Crippen LogP contribution >= 0.6 is 0 Å². The van der Waals surface area contributed by atoms with Crippen LogP contribution < -0.4 is 10.6 Å². The van der Waals surface area contributed by atoms with E-state index in [2.05, 4.69) is 17.6 Å². The number of rotatable bonds is 15. The summed E-state index contributed by atoms with van der Waals surface area (Å²) < 4.78 is 0. The molecule has 1 aliphatic rings. The largest absolute Gasteiger partial charge is 0.354 e. The van der Waals surface area contributed by atoms with E-state index in [1.165, 1.54) is 70.6 Å². The average molecular weight is 367 g/mol. The molecule has 26 heavy (non-hydrogen) atoms. The lowest BCUT2D eigenvalue weighted by Crippen LogP contribution is -2.45. The van der Waals surface area contributed by atoms with Gasteiger partial charge in [-0.15, -0.1) is 0 Å². The highest BCUT2D eigenvalue weighted by atomic mass is 16.2. The predicted octanol–water partition coefficient (Wildman–Crippen LogP) is 5.25. The van der Waals surface area contributed by atoms with Crippen molar-refractivity contribution in [2.75, 3.05) is 6.54 Å². The molecule has 0 aromatic rings. The molecule has 152 valence electrons. The zero-order chi connectivity index (χ0) is 18.9. The monoisotopic (exact) mass is 366 g/mol. The Balaban J connectivity index is 1.86. The summed E-state index contributed by atoms with van der Waals surface area (Å²) in [4.78, 5) is 23.8. The van der Waals surface area contributed by atoms with E-state index in [-0.39, 0.29) is 17.9 Å². The first-order valence-electron chi connectivity index (χ1n) is 11.3. The number of nitrogens with one attached hydrogen (secondary N) is 2. The van der Waals surface area contributed by atoms with Crippen molar-refractivity contribution in [3.63, 3.8) is 0 Å². The minimum atomic E-state index is -0.313. The fourth-order valence-corrected chi connectivity index (χ4v) is 3.65. The molecule has 0 bridgehead atoms. The Hall–Kier alpha value is -1.06. The fraction of sp³-hybridized carbons (Fsp3) is 0.909. The van der Waals surface area contributed by atoms with E-state index in [4.69, 9.17) is 0 Å². The molecule has 4 nitrogen and oxygen atoms in total. The topological polar surface area (TPSA) is 58.2 Å². The van der Waals surface area contributed by atoms with E-state index in [0.717, 1.165) is 38.6 Å². The van der Waals surface area contributed by atoms with E-state index in [1.54, 1.807) is 0 Å². The van der Waals surface area contributed by atoms with Crippen LogP contribution in [0.1, 0.15) is 116 Å². The van der Waals surface area contributed by atoms with Crippen LogP contribution in [0.15, 0.2) is 0 Å². The molecule has 1 unspecified atom stereocenters. The van der Waals surface area contributed by atoms with Gasteiger partial charge in [0.25, 0.3) is 0 Å². The van der Waals surface area contributed by atoms with Gasteiger partial charge in [-0.25, -0.2) is 0 Å². The molecule has 1 rings (SSSR count). The number of amides is 2. The number of unbranched alkanes of at least 4 members (excludes halogenated alkanes) is 12. The van der Waals surface area contributed by atoms with Crippen molar-refractivity contribution in [2.24, 2.45) is 0 Å². The quantitative estimate of drug-likeness (QED) is 0.389. The van der Waals surface area contributed by atoms with Gasteiger partial charge in [-0.05, 0) is 25.7 Å². The van der Waals surface area contributed by atoms with Crippen molar-refractivity contribution in [2.45, 2.75) is 122 Å². The lowest BCUT2D eigenvalue weighted by atomic mass is 10.0. The van der Waals surface area contributed by atoms with E-state index in [1.807, 2.05) is 0 Å². The van der Waals surface area contributed by atoms with E-state index < -0.39 is 0 Å². The van der Waals surface area contributed by atoms with Crippen LogP contribution in [-0.4, -0.2) is 24.4 Å². The Morgan fingerprint density at radius 2 is 1.42 bits per heavy atom. The van der Waals surface area contributed by atoms with Crippen LogP contribution in [0.25, 0.3) is 0 Å². The summed E-state index contributed by atoms with van der Waals surface area (Å²) in [5, 5.41) is 5.76. The lowest BCUT2D eigenvalue weighted by Gasteiger charge is -2.15. The van der Waals surface area contributed by atoms with Crippen LogP contribution in [-0.2, 0) is 9.59 Å². The van der Waals surface area contributed by atoms with E-state index in [9.17, 15) is 9.59 Å². The summed E-state index contributed by atoms with van der Waals surface area (Å²) in [7, 11) is 0. The minimum Gasteiger partial charge on any atom is -0.354 e. The smallest absolute Gasteiger partial charge is 0.242 e. The Bertz CT molecular complexity index is 371. The Morgan fingerprint density at radius 3 is 2.00 bits per heavy atom. The first kappa shape index (κ1) is 23.0. The molecule has 0 aromatic heterocycles. The molecule has 0 aromatic carbocycles. The number of hydrogen-bond acceptors (Lipinski definition) is 2. The fourth-order valence-electron chi connectivity index (χ4n) is 3.65. The van der Waals surface area contributed by atoms with Gasteiger partial charge < -0.3 is 10.6 Å². The third-order valence-corrected chi connectivity index (χ3v) is 5.38. The number of carbonyl (C=O) groups excluding carboxylic acids is 2. The van der Waals surface area contributed by atoms with E-state index >= 15 is 0 Å². The van der Waals surface area contributed by atoms with Crippen molar-refractivity contribution in [3.05, 3.63) is 0 Å². The van der Waals surface area contributed by atoms with E-state index in [0.29, 0.717) is 6.42 Å². The average Bonchev–Trinajstić information content (AvgIpc) is 2.83. The van der Waals surface area contributed by atoms with Crippen molar-refractivity contribution in [1.29, 1.82) is 0 Å². The summed E-state index contributed by atoms with van der Waals surface area (Å²) in [6.45, 7) is 3.01. The Morgan fingerprint density at radius 1 is 0.885 bits per heavy atom. The first-order chi connectivity index (χ1) is 12.7. The maximum absolute atomic E-state index is 12.0. The summed E-state index contributed by atoms with van der Waals surface area (Å²) >= 11 is 0. The molecule has 2 amide bonds. The second kappa shape index (κ2) is 16.1. The van der Waals surface area contributed by atoms with Crippen LogP contribution in [0.3, 0.4) is 0 Å². The van der Waals surface area contributed by atoms with Gasteiger partial charge in [-0.1, -0.05) is 84.0 Å².